The quantitative estimate of drug-likeness (QED) is 0.0908. The summed E-state index contributed by atoms with van der Waals surface area (Å²) in [6.45, 7) is 0. The van der Waals surface area contributed by atoms with E-state index < -0.39 is 102 Å². The van der Waals surface area contributed by atoms with Crippen molar-refractivity contribution < 1.29 is 4.74 Å². The van der Waals surface area contributed by atoms with Gasteiger partial charge < -0.3 is 10.1 Å². The first-order valence-electron chi connectivity index (χ1n) is 19.6. The minimum atomic E-state index is -1.13. The number of aromatic nitrogens is 4. The lowest BCUT2D eigenvalue weighted by Crippen LogP contribution is -2.90. The molecule has 61 heavy (non-hydrogen) atoms. The molecule has 0 spiro atoms. The van der Waals surface area contributed by atoms with E-state index in [0.29, 0.717) is 16.4 Å². The van der Waals surface area contributed by atoms with Crippen LogP contribution >= 0.6 is 11.3 Å². The second-order valence-electron chi connectivity index (χ2n) is 15.7. The van der Waals surface area contributed by atoms with Crippen molar-refractivity contribution in [3.05, 3.63) is 47.1 Å². The number of anilines is 1. The van der Waals surface area contributed by atoms with E-state index in [1.807, 2.05) is 24.3 Å². The highest BCUT2D eigenvalue weighted by atomic mass is 32.1. The number of hydrogen-bond donors (Lipinski definition) is 1. The number of methoxy groups -OCH3 is 1. The minimum absolute atomic E-state index is 0.159. The van der Waals surface area contributed by atoms with E-state index in [0.717, 1.165) is 40.0 Å². The number of benzene rings is 1. The lowest BCUT2D eigenvalue weighted by Gasteiger charge is -2.52. The minimum Gasteiger partial charge on any atom is -0.497 e. The number of nitrogens with zero attached hydrogens (tertiary/aromatic N) is 4. The molecule has 0 unspecified atom stereocenters. The van der Waals surface area contributed by atoms with Crippen LogP contribution in [-0.4, -0.2) is 281 Å². The maximum Gasteiger partial charge on any atom is 0.289 e. The monoisotopic (exact) mass is 750 g/mol. The zero-order valence-corrected chi connectivity index (χ0v) is 35.0. The predicted octanol–water partition coefficient (Wildman–Crippen LogP) is -10.4. The van der Waals surface area contributed by atoms with Gasteiger partial charge in [0.15, 0.2) is 0 Å². The summed E-state index contributed by atoms with van der Waals surface area (Å²) in [6.07, 6.45) is -10.8. The summed E-state index contributed by atoms with van der Waals surface area (Å²) < 4.78 is 7.20. The van der Waals surface area contributed by atoms with Gasteiger partial charge in [-0.2, -0.15) is 9.78 Å². The maximum atomic E-state index is 13.0. The molecule has 7 nitrogen and oxygen atoms in total. The third-order valence-electron chi connectivity index (χ3n) is 11.3. The van der Waals surface area contributed by atoms with Crippen LogP contribution in [0.5, 0.6) is 5.75 Å². The summed E-state index contributed by atoms with van der Waals surface area (Å²) in [5.41, 5.74) is 0.533. The first kappa shape index (κ1) is 52.9. The average molecular weight is 744 g/mol. The van der Waals surface area contributed by atoms with Gasteiger partial charge in [0, 0.05) is 260 Å². The highest BCUT2D eigenvalue weighted by Gasteiger charge is 2.54. The summed E-state index contributed by atoms with van der Waals surface area (Å²) in [5.74, 6) is 1.52. The molecule has 235 valence electrons. The fourth-order valence-corrected chi connectivity index (χ4v) is 9.50. The van der Waals surface area contributed by atoms with E-state index in [2.05, 4.69) is 20.4 Å². The van der Waals surface area contributed by atoms with Crippen LogP contribution in [0.1, 0.15) is 12.8 Å². The SMILES string of the molecule is COc1ccc(-n2ncc3c(sc4ncnc(NC5CC5)c43)c2=O)cc1.[B][B]B([B])B(B(B([B])[B])B([B])[B])B(B(B([B])[B])B([B])[B])B(B(B([B])[B])B([B])[B])B(B([B])[B])B([B])[B]. The molecule has 5 rings (SSSR count). The van der Waals surface area contributed by atoms with Crippen LogP contribution in [-0.2, 0) is 0 Å². The topological polar surface area (TPSA) is 81.9 Å². The standard InChI is InChI=1S/C18H15N5O2S.B35/c1-25-12-6-4-11(5-7-12)23-18(24)15-13(8-21-23)14-16(22-10-2-3-10)19-9-20-17(14)26-15;1-19-28(18)33(29(20(2)3)21(4)5)35(32(26(14)15)27(16)17)34(30(22(6)7)23(8)9)31(24(10)11)25(12)13/h4-10H,2-3H2,1H3,(H,19,20,22);. The van der Waals surface area contributed by atoms with Gasteiger partial charge in [-0.05, 0) is 37.1 Å². The molecule has 37 radical (unpaired) electrons. The van der Waals surface area contributed by atoms with Crippen LogP contribution in [0.3, 0.4) is 0 Å². The molecule has 1 saturated carbocycles. The summed E-state index contributed by atoms with van der Waals surface area (Å²) in [7, 11) is 113. The maximum absolute atomic E-state index is 13.0. The average Bonchev–Trinajstić information content (AvgIpc) is 3.91. The first-order valence-corrected chi connectivity index (χ1v) is 20.5. The van der Waals surface area contributed by atoms with Gasteiger partial charge in [-0.1, -0.05) is 0 Å². The summed E-state index contributed by atoms with van der Waals surface area (Å²) in [5, 5.41) is 9.47. The molecule has 3 aromatic heterocycles. The van der Waals surface area contributed by atoms with Crippen molar-refractivity contribution in [1.29, 1.82) is 0 Å². The van der Waals surface area contributed by atoms with E-state index in [9.17, 15) is 4.79 Å². The number of fused-ring (bicyclic) bond motifs is 3. The molecular weight excluding hydrogens is 729 g/mol. The lowest BCUT2D eigenvalue weighted by atomic mass is 8.29. The van der Waals surface area contributed by atoms with Gasteiger partial charge >= 0.3 is 0 Å². The lowest BCUT2D eigenvalue weighted by molar-refractivity contribution is 0.414. The molecule has 1 aliphatic carbocycles. The molecule has 0 atom stereocenters. The Morgan fingerprint density at radius 2 is 1.11 bits per heavy atom. The molecule has 43 heteroatoms. The zero-order valence-electron chi connectivity index (χ0n) is 34.2. The van der Waals surface area contributed by atoms with Gasteiger partial charge in [0.25, 0.3) is 5.56 Å². The van der Waals surface area contributed by atoms with Crippen molar-refractivity contribution in [3.8, 4) is 11.4 Å². The zero-order chi connectivity index (χ0) is 45.6. The number of rotatable bonds is 20. The van der Waals surface area contributed by atoms with Crippen LogP contribution in [0.4, 0.5) is 5.82 Å². The second-order valence-corrected chi connectivity index (χ2v) is 16.7. The molecule has 4 aromatic rings. The summed E-state index contributed by atoms with van der Waals surface area (Å²) >= 11 is 1.38. The number of thiophene rings is 1. The van der Waals surface area contributed by atoms with Gasteiger partial charge in [-0.3, -0.25) is 4.79 Å². The third kappa shape index (κ3) is 12.8. The van der Waals surface area contributed by atoms with Crippen LogP contribution in [0.15, 0.2) is 41.6 Å². The van der Waals surface area contributed by atoms with Gasteiger partial charge in [-0.25, -0.2) is 9.97 Å². The Balaban J connectivity index is 0.000000277. The molecule has 1 fully saturated rings. The molecule has 0 bridgehead atoms. The summed E-state index contributed by atoms with van der Waals surface area (Å²) in [6, 6.07) is 7.71. The van der Waals surface area contributed by atoms with Crippen molar-refractivity contribution in [2.75, 3.05) is 12.4 Å². The molecule has 1 N–H and O–H groups in total. The van der Waals surface area contributed by atoms with Crippen LogP contribution in [0.2, 0.25) is 0 Å². The Hall–Kier alpha value is -0.727. The van der Waals surface area contributed by atoms with E-state index in [1.165, 1.54) is 29.4 Å². The normalized spacial score (nSPS) is 11.4. The number of ether oxygens (including phenoxy) is 1. The first-order chi connectivity index (χ1) is 28.7. The highest BCUT2D eigenvalue weighted by Crippen LogP contribution is 2.36. The highest BCUT2D eigenvalue weighted by molar-refractivity contribution is 8.30. The number of hydrogen-bond acceptors (Lipinski definition) is 7. The van der Waals surface area contributed by atoms with Crippen molar-refractivity contribution in [1.82, 2.24) is 19.7 Å². The van der Waals surface area contributed by atoms with Crippen LogP contribution in [0.25, 0.3) is 26.0 Å². The fourth-order valence-electron chi connectivity index (χ4n) is 8.46. The van der Waals surface area contributed by atoms with Crippen LogP contribution in [0, 0.1) is 0 Å². The van der Waals surface area contributed by atoms with E-state index in [1.54, 1.807) is 13.3 Å². The van der Waals surface area contributed by atoms with Crippen molar-refractivity contribution >= 4 is 286 Å². The van der Waals surface area contributed by atoms with Crippen molar-refractivity contribution in [3.63, 3.8) is 0 Å². The molecule has 1 aromatic carbocycles. The van der Waals surface area contributed by atoms with E-state index >= 15 is 0 Å². The van der Waals surface area contributed by atoms with Gasteiger partial charge in [0.2, 0.25) is 0 Å². The van der Waals surface area contributed by atoms with E-state index in [4.69, 9.17) is 144 Å². The molecular formula is C18H15B35N5O2S. The van der Waals surface area contributed by atoms with Crippen molar-refractivity contribution in [2.24, 2.45) is 0 Å². The second kappa shape index (κ2) is 23.6. The predicted molar refractivity (Wildman–Crippen MR) is 303 cm³/mol. The Kier molecular flexibility index (Phi) is 20.5. The number of nitrogens with one attached hydrogen (secondary N) is 1. The largest absolute Gasteiger partial charge is 0.497 e. The Morgan fingerprint density at radius 3 is 1.52 bits per heavy atom. The van der Waals surface area contributed by atoms with Gasteiger partial charge in [0.1, 0.15) is 27.4 Å². The Labute approximate surface area is 397 Å². The smallest absolute Gasteiger partial charge is 0.289 e. The third-order valence-corrected chi connectivity index (χ3v) is 12.4. The molecule has 0 saturated heterocycles. The summed E-state index contributed by atoms with van der Waals surface area (Å²) in [4.78, 5) is 22.5. The fraction of sp³-hybridized carbons (Fsp3) is 0.222. The Bertz CT molecular complexity index is 1990. The van der Waals surface area contributed by atoms with E-state index in [-0.39, 0.29) is 5.56 Å². The molecule has 0 amide bonds. The van der Waals surface area contributed by atoms with Gasteiger partial charge in [-0.15, -0.1) is 11.3 Å². The van der Waals surface area contributed by atoms with Crippen molar-refractivity contribution in [2.45, 2.75) is 18.9 Å². The van der Waals surface area contributed by atoms with Crippen LogP contribution < -0.4 is 15.6 Å². The Morgan fingerprint density at radius 1 is 0.672 bits per heavy atom. The van der Waals surface area contributed by atoms with Gasteiger partial charge in [0.05, 0.1) is 24.4 Å². The molecule has 1 aliphatic rings. The molecule has 3 heterocycles. The molecule has 0 aliphatic heterocycles.